The molecular formula is C18H22N10. The smallest absolute Gasteiger partial charge is 0.249 e. The van der Waals surface area contributed by atoms with Crippen molar-refractivity contribution in [2.45, 2.75) is 59.4 Å². The van der Waals surface area contributed by atoms with Crippen LogP contribution in [0.4, 0.5) is 11.6 Å². The number of rotatable bonds is 4. The minimum Gasteiger partial charge on any atom is -0.312 e. The van der Waals surface area contributed by atoms with E-state index in [1.165, 1.54) is 0 Å². The number of nitrogens with zero attached hydrogens (tertiary/aromatic N) is 9. The number of imidazole rings is 1. The topological polar surface area (TPSA) is 136 Å². The highest BCUT2D eigenvalue weighted by Gasteiger charge is 2.29. The maximum absolute atomic E-state index is 9.06. The van der Waals surface area contributed by atoms with Crippen molar-refractivity contribution in [3.05, 3.63) is 22.9 Å². The molecule has 0 saturated heterocycles. The van der Waals surface area contributed by atoms with Gasteiger partial charge in [0, 0.05) is 17.9 Å². The van der Waals surface area contributed by atoms with E-state index >= 15 is 0 Å². The van der Waals surface area contributed by atoms with Gasteiger partial charge in [0.15, 0.2) is 28.5 Å². The predicted octanol–water partition coefficient (Wildman–Crippen LogP) is 3.85. The monoisotopic (exact) mass is 378 g/mol. The second-order valence-corrected chi connectivity index (χ2v) is 7.72. The van der Waals surface area contributed by atoms with E-state index in [9.17, 15) is 0 Å². The highest BCUT2D eigenvalue weighted by molar-refractivity contribution is 5.69. The molecule has 3 heterocycles. The van der Waals surface area contributed by atoms with Crippen molar-refractivity contribution < 1.29 is 0 Å². The molecule has 0 atom stereocenters. The zero-order valence-corrected chi connectivity index (χ0v) is 16.8. The Morgan fingerprint density at radius 3 is 2.36 bits per heavy atom. The SMILES string of the molecule is CCn1nc(C(C)C)n2nc(C(C)(C)C)c(N=Nc3nc(C#N)c(C#N)[nH]3)c12. The quantitative estimate of drug-likeness (QED) is 0.687. The fourth-order valence-corrected chi connectivity index (χ4v) is 2.85. The van der Waals surface area contributed by atoms with Crippen molar-refractivity contribution in [3.63, 3.8) is 0 Å². The summed E-state index contributed by atoms with van der Waals surface area (Å²) in [6, 6.07) is 3.75. The summed E-state index contributed by atoms with van der Waals surface area (Å²) in [5.41, 5.74) is 1.92. The van der Waals surface area contributed by atoms with Crippen LogP contribution in [0.15, 0.2) is 10.2 Å². The predicted molar refractivity (Wildman–Crippen MR) is 102 cm³/mol. The Bertz CT molecular complexity index is 1100. The first-order chi connectivity index (χ1) is 13.2. The Hall–Kier alpha value is -3.53. The van der Waals surface area contributed by atoms with E-state index < -0.39 is 0 Å². The molecule has 0 aliphatic rings. The molecule has 0 radical (unpaired) electrons. The van der Waals surface area contributed by atoms with Gasteiger partial charge in [-0.1, -0.05) is 34.6 Å². The van der Waals surface area contributed by atoms with Gasteiger partial charge < -0.3 is 4.98 Å². The lowest BCUT2D eigenvalue weighted by Gasteiger charge is -2.15. The van der Waals surface area contributed by atoms with Gasteiger partial charge in [0.2, 0.25) is 5.95 Å². The van der Waals surface area contributed by atoms with Gasteiger partial charge in [-0.05, 0) is 6.92 Å². The van der Waals surface area contributed by atoms with Gasteiger partial charge in [-0.25, -0.2) is 4.68 Å². The molecule has 3 aromatic rings. The number of hydrogen-bond donors (Lipinski definition) is 1. The first kappa shape index (κ1) is 19.2. The number of hydrogen-bond acceptors (Lipinski definition) is 7. The summed E-state index contributed by atoms with van der Waals surface area (Å²) in [7, 11) is 0. The van der Waals surface area contributed by atoms with E-state index in [-0.39, 0.29) is 28.7 Å². The molecule has 10 heteroatoms. The second kappa shape index (κ2) is 6.89. The molecule has 3 rings (SSSR count). The third-order valence-corrected chi connectivity index (χ3v) is 4.20. The van der Waals surface area contributed by atoms with Gasteiger partial charge >= 0.3 is 0 Å². The standard InChI is InChI=1S/C18H22N10/c1-7-27-16-13(23-24-17-21-11(8-19)12(9-20)22-17)14(18(4,5)6)25-28(16)15(26-27)10(2)3/h10H,7H2,1-6H3,(H,21,22). The Kier molecular flexibility index (Phi) is 4.73. The summed E-state index contributed by atoms with van der Waals surface area (Å²) < 4.78 is 3.68. The van der Waals surface area contributed by atoms with E-state index in [0.29, 0.717) is 12.2 Å². The van der Waals surface area contributed by atoms with Gasteiger partial charge in [0.1, 0.15) is 12.1 Å². The largest absolute Gasteiger partial charge is 0.312 e. The van der Waals surface area contributed by atoms with Crippen LogP contribution in [0.2, 0.25) is 0 Å². The van der Waals surface area contributed by atoms with E-state index in [2.05, 4.69) is 59.9 Å². The highest BCUT2D eigenvalue weighted by atomic mass is 15.5. The summed E-state index contributed by atoms with van der Waals surface area (Å²) >= 11 is 0. The van der Waals surface area contributed by atoms with E-state index in [4.69, 9.17) is 15.6 Å². The number of aromatic amines is 1. The van der Waals surface area contributed by atoms with Crippen molar-refractivity contribution in [2.24, 2.45) is 10.2 Å². The average Bonchev–Trinajstić information content (AvgIpc) is 3.30. The van der Waals surface area contributed by atoms with Crippen molar-refractivity contribution in [1.82, 2.24) is 29.4 Å². The minimum atomic E-state index is -0.272. The van der Waals surface area contributed by atoms with Crippen LogP contribution in [0, 0.1) is 22.7 Å². The van der Waals surface area contributed by atoms with E-state index in [0.717, 1.165) is 17.2 Å². The molecule has 0 amide bonds. The van der Waals surface area contributed by atoms with Crippen LogP contribution in [0.5, 0.6) is 0 Å². The number of nitriles is 2. The van der Waals surface area contributed by atoms with Crippen LogP contribution in [-0.4, -0.2) is 29.4 Å². The van der Waals surface area contributed by atoms with Gasteiger partial charge in [0.05, 0.1) is 5.69 Å². The fraction of sp³-hybridized carbons (Fsp3) is 0.500. The average molecular weight is 378 g/mol. The molecule has 144 valence electrons. The Morgan fingerprint density at radius 2 is 1.86 bits per heavy atom. The van der Waals surface area contributed by atoms with Gasteiger partial charge in [0.25, 0.3) is 0 Å². The Labute approximate surface area is 162 Å². The first-order valence-corrected chi connectivity index (χ1v) is 9.03. The number of aryl methyl sites for hydroxylation is 1. The second-order valence-electron chi connectivity index (χ2n) is 7.72. The molecule has 0 saturated carbocycles. The minimum absolute atomic E-state index is 0.00616. The van der Waals surface area contributed by atoms with E-state index in [1.54, 1.807) is 0 Å². The zero-order valence-electron chi connectivity index (χ0n) is 16.8. The van der Waals surface area contributed by atoms with Crippen LogP contribution in [0.1, 0.15) is 70.4 Å². The molecule has 0 fully saturated rings. The van der Waals surface area contributed by atoms with Crippen molar-refractivity contribution in [3.8, 4) is 12.1 Å². The molecule has 10 nitrogen and oxygen atoms in total. The van der Waals surface area contributed by atoms with Crippen LogP contribution >= 0.6 is 0 Å². The van der Waals surface area contributed by atoms with Gasteiger partial charge in [-0.2, -0.15) is 30.2 Å². The highest BCUT2D eigenvalue weighted by Crippen LogP contribution is 2.36. The summed E-state index contributed by atoms with van der Waals surface area (Å²) in [6.07, 6.45) is 0. The van der Waals surface area contributed by atoms with Crippen LogP contribution in [0.3, 0.4) is 0 Å². The molecule has 28 heavy (non-hydrogen) atoms. The van der Waals surface area contributed by atoms with Crippen LogP contribution < -0.4 is 0 Å². The van der Waals surface area contributed by atoms with Crippen molar-refractivity contribution in [2.75, 3.05) is 0 Å². The normalized spacial score (nSPS) is 12.2. The summed E-state index contributed by atoms with van der Waals surface area (Å²) in [4.78, 5) is 6.70. The maximum atomic E-state index is 9.06. The lowest BCUT2D eigenvalue weighted by Crippen LogP contribution is -2.13. The number of nitrogens with one attached hydrogen (secondary N) is 1. The van der Waals surface area contributed by atoms with Crippen LogP contribution in [0.25, 0.3) is 5.65 Å². The molecule has 3 aromatic heterocycles. The third kappa shape index (κ3) is 3.14. The Balaban J connectivity index is 2.22. The Morgan fingerprint density at radius 1 is 1.14 bits per heavy atom. The summed E-state index contributed by atoms with van der Waals surface area (Å²) in [6.45, 7) is 13.0. The van der Waals surface area contributed by atoms with E-state index in [1.807, 2.05) is 28.3 Å². The third-order valence-electron chi connectivity index (χ3n) is 4.20. The molecule has 0 aliphatic heterocycles. The number of aromatic nitrogens is 6. The molecule has 0 bridgehead atoms. The molecule has 0 aliphatic carbocycles. The summed E-state index contributed by atoms with van der Waals surface area (Å²) in [5.74, 6) is 1.13. The fourth-order valence-electron chi connectivity index (χ4n) is 2.85. The lowest BCUT2D eigenvalue weighted by atomic mass is 9.91. The first-order valence-electron chi connectivity index (χ1n) is 9.03. The number of H-pyrrole nitrogens is 1. The van der Waals surface area contributed by atoms with Gasteiger partial charge in [-0.3, -0.25) is 0 Å². The number of azo groups is 1. The van der Waals surface area contributed by atoms with Crippen molar-refractivity contribution in [1.29, 1.82) is 10.5 Å². The summed E-state index contributed by atoms with van der Waals surface area (Å²) in [5, 5.41) is 36.1. The molecule has 0 spiro atoms. The molecule has 0 unspecified atom stereocenters. The molecular weight excluding hydrogens is 356 g/mol. The molecule has 0 aromatic carbocycles. The van der Waals surface area contributed by atoms with Crippen LogP contribution in [-0.2, 0) is 12.0 Å². The molecule has 1 N–H and O–H groups in total. The van der Waals surface area contributed by atoms with Crippen molar-refractivity contribution >= 4 is 17.3 Å². The number of fused-ring (bicyclic) bond motifs is 1. The maximum Gasteiger partial charge on any atom is 0.249 e. The lowest BCUT2D eigenvalue weighted by molar-refractivity contribution is 0.557. The van der Waals surface area contributed by atoms with Gasteiger partial charge in [-0.15, -0.1) is 10.2 Å². The zero-order chi connectivity index (χ0) is 20.6.